The topological polar surface area (TPSA) is 12.9 Å². The van der Waals surface area contributed by atoms with Crippen LogP contribution in [0.1, 0.15) is 47.7 Å². The zero-order chi connectivity index (χ0) is 16.5. The van der Waals surface area contributed by atoms with Crippen molar-refractivity contribution in [3.05, 3.63) is 64.2 Å². The van der Waals surface area contributed by atoms with Crippen molar-refractivity contribution in [1.82, 2.24) is 4.98 Å². The van der Waals surface area contributed by atoms with E-state index >= 15 is 0 Å². The van der Waals surface area contributed by atoms with Gasteiger partial charge in [0.2, 0.25) is 0 Å². The fraction of sp³-hybridized carbons (Fsp3) is 0.353. The summed E-state index contributed by atoms with van der Waals surface area (Å²) in [5.74, 6) is -0.596. The van der Waals surface area contributed by atoms with Crippen LogP contribution in [0.5, 0.6) is 0 Å². The Hall–Kier alpha value is -1.91. The van der Waals surface area contributed by atoms with E-state index in [4.69, 9.17) is 0 Å². The van der Waals surface area contributed by atoms with Gasteiger partial charge in [0.25, 0.3) is 0 Å². The van der Waals surface area contributed by atoms with Gasteiger partial charge in [0.1, 0.15) is 5.82 Å². The number of benzene rings is 1. The highest BCUT2D eigenvalue weighted by Crippen LogP contribution is 2.31. The van der Waals surface area contributed by atoms with Crippen LogP contribution in [0.3, 0.4) is 0 Å². The number of halogens is 4. The summed E-state index contributed by atoms with van der Waals surface area (Å²) >= 11 is 0. The van der Waals surface area contributed by atoms with E-state index in [1.54, 1.807) is 6.20 Å². The Kier molecular flexibility index (Phi) is 4.54. The van der Waals surface area contributed by atoms with Crippen molar-refractivity contribution in [3.63, 3.8) is 0 Å². The molecule has 2 aromatic rings. The van der Waals surface area contributed by atoms with Crippen molar-refractivity contribution in [2.75, 3.05) is 0 Å². The van der Waals surface area contributed by atoms with Gasteiger partial charge in [-0.25, -0.2) is 4.39 Å². The average molecular weight is 311 g/mol. The van der Waals surface area contributed by atoms with Gasteiger partial charge in [-0.2, -0.15) is 13.2 Å². The van der Waals surface area contributed by atoms with Crippen LogP contribution in [-0.2, 0) is 12.6 Å². The average Bonchev–Trinajstić information content (AvgIpc) is 2.39. The molecule has 1 nitrogen and oxygen atoms in total. The van der Waals surface area contributed by atoms with Gasteiger partial charge in [-0.3, -0.25) is 4.98 Å². The molecular weight excluding hydrogens is 294 g/mol. The maximum atomic E-state index is 13.4. The summed E-state index contributed by atoms with van der Waals surface area (Å²) in [4.78, 5) is 4.23. The Morgan fingerprint density at radius 2 is 1.77 bits per heavy atom. The molecule has 0 bridgehead atoms. The summed E-state index contributed by atoms with van der Waals surface area (Å²) < 4.78 is 51.6. The lowest BCUT2D eigenvalue weighted by Gasteiger charge is -2.12. The van der Waals surface area contributed by atoms with Crippen LogP contribution in [0.4, 0.5) is 17.6 Å². The number of pyridine rings is 1. The molecule has 118 valence electrons. The molecule has 0 aliphatic rings. The summed E-state index contributed by atoms with van der Waals surface area (Å²) in [7, 11) is 0. The lowest BCUT2D eigenvalue weighted by atomic mass is 9.97. The minimum atomic E-state index is -4.55. The minimum Gasteiger partial charge on any atom is -0.261 e. The van der Waals surface area contributed by atoms with E-state index in [2.05, 4.69) is 4.98 Å². The maximum absolute atomic E-state index is 13.4. The number of aryl methyl sites for hydroxylation is 1. The van der Waals surface area contributed by atoms with E-state index < -0.39 is 17.6 Å². The van der Waals surface area contributed by atoms with E-state index in [0.717, 1.165) is 23.3 Å². The predicted octanol–water partition coefficient (Wildman–Crippen LogP) is 5.26. The lowest BCUT2D eigenvalue weighted by Crippen LogP contribution is -2.07. The standard InChI is InChI=1S/C17H17F4N/c1-10(2)16-8-15(22-9-11(16)3)6-12-4-13(17(19,20)21)7-14(18)5-12/h4-5,7-10H,6H2,1-3H3. The molecule has 0 aliphatic carbocycles. The first-order valence-electron chi connectivity index (χ1n) is 6.99. The lowest BCUT2D eigenvalue weighted by molar-refractivity contribution is -0.137. The Morgan fingerprint density at radius 3 is 2.36 bits per heavy atom. The number of aromatic nitrogens is 1. The second-order valence-electron chi connectivity index (χ2n) is 5.71. The van der Waals surface area contributed by atoms with Gasteiger partial charge >= 0.3 is 6.18 Å². The van der Waals surface area contributed by atoms with Crippen LogP contribution in [0.15, 0.2) is 30.5 Å². The number of hydrogen-bond acceptors (Lipinski definition) is 1. The van der Waals surface area contributed by atoms with Gasteiger partial charge in [-0.05, 0) is 53.8 Å². The highest BCUT2D eigenvalue weighted by molar-refractivity contribution is 5.33. The molecule has 22 heavy (non-hydrogen) atoms. The molecular formula is C17H17F4N. The largest absolute Gasteiger partial charge is 0.416 e. The van der Waals surface area contributed by atoms with Crippen molar-refractivity contribution in [3.8, 4) is 0 Å². The number of nitrogens with zero attached hydrogens (tertiary/aromatic N) is 1. The monoisotopic (exact) mass is 311 g/mol. The fourth-order valence-corrected chi connectivity index (χ4v) is 2.43. The van der Waals surface area contributed by atoms with Gasteiger partial charge in [0, 0.05) is 18.3 Å². The van der Waals surface area contributed by atoms with Crippen LogP contribution < -0.4 is 0 Å². The quantitative estimate of drug-likeness (QED) is 0.704. The Bertz CT molecular complexity index is 675. The van der Waals surface area contributed by atoms with Gasteiger partial charge in [-0.15, -0.1) is 0 Å². The molecule has 0 saturated carbocycles. The van der Waals surface area contributed by atoms with E-state index in [1.165, 1.54) is 0 Å². The van der Waals surface area contributed by atoms with Crippen molar-refractivity contribution < 1.29 is 17.6 Å². The van der Waals surface area contributed by atoms with E-state index in [1.807, 2.05) is 26.8 Å². The molecule has 0 radical (unpaired) electrons. The van der Waals surface area contributed by atoms with E-state index in [-0.39, 0.29) is 12.0 Å². The van der Waals surface area contributed by atoms with Crippen molar-refractivity contribution in [2.24, 2.45) is 0 Å². The first-order valence-corrected chi connectivity index (χ1v) is 6.99. The molecule has 5 heteroatoms. The third kappa shape index (κ3) is 3.84. The first-order chi connectivity index (χ1) is 10.2. The highest BCUT2D eigenvalue weighted by atomic mass is 19.4. The summed E-state index contributed by atoms with van der Waals surface area (Å²) in [5.41, 5.74) is 2.05. The summed E-state index contributed by atoms with van der Waals surface area (Å²) in [6.45, 7) is 6.02. The molecule has 1 aromatic heterocycles. The Balaban J connectivity index is 2.35. The number of alkyl halides is 3. The predicted molar refractivity (Wildman–Crippen MR) is 77.3 cm³/mol. The molecule has 1 heterocycles. The van der Waals surface area contributed by atoms with Crippen molar-refractivity contribution in [1.29, 1.82) is 0 Å². The molecule has 0 saturated heterocycles. The molecule has 0 spiro atoms. The number of hydrogen-bond donors (Lipinski definition) is 0. The van der Waals surface area contributed by atoms with Crippen LogP contribution in [0.25, 0.3) is 0 Å². The molecule has 0 fully saturated rings. The van der Waals surface area contributed by atoms with Crippen LogP contribution in [0.2, 0.25) is 0 Å². The number of rotatable bonds is 3. The van der Waals surface area contributed by atoms with E-state index in [9.17, 15) is 17.6 Å². The summed E-state index contributed by atoms with van der Waals surface area (Å²) in [5, 5.41) is 0. The second-order valence-corrected chi connectivity index (χ2v) is 5.71. The van der Waals surface area contributed by atoms with E-state index in [0.29, 0.717) is 17.7 Å². The molecule has 0 atom stereocenters. The van der Waals surface area contributed by atoms with Gasteiger partial charge in [0.05, 0.1) is 5.56 Å². The zero-order valence-corrected chi connectivity index (χ0v) is 12.6. The first kappa shape index (κ1) is 16.5. The molecule has 2 rings (SSSR count). The van der Waals surface area contributed by atoms with Gasteiger partial charge in [0.15, 0.2) is 0 Å². The summed E-state index contributed by atoms with van der Waals surface area (Å²) in [6.07, 6.45) is -2.68. The molecule has 0 unspecified atom stereocenters. The van der Waals surface area contributed by atoms with Crippen molar-refractivity contribution >= 4 is 0 Å². The SMILES string of the molecule is Cc1cnc(Cc2cc(F)cc(C(F)(F)F)c2)cc1C(C)C. The second kappa shape index (κ2) is 6.07. The van der Waals surface area contributed by atoms with Gasteiger partial charge < -0.3 is 0 Å². The minimum absolute atomic E-state index is 0.167. The summed E-state index contributed by atoms with van der Waals surface area (Å²) in [6, 6.07) is 4.47. The van der Waals surface area contributed by atoms with Gasteiger partial charge in [-0.1, -0.05) is 13.8 Å². The molecule has 0 aliphatic heterocycles. The maximum Gasteiger partial charge on any atom is 0.416 e. The third-order valence-electron chi connectivity index (χ3n) is 3.49. The molecule has 1 aromatic carbocycles. The normalized spacial score (nSPS) is 12.0. The smallest absolute Gasteiger partial charge is 0.261 e. The highest BCUT2D eigenvalue weighted by Gasteiger charge is 2.31. The molecule has 0 amide bonds. The third-order valence-corrected chi connectivity index (χ3v) is 3.49. The van der Waals surface area contributed by atoms with Crippen LogP contribution >= 0.6 is 0 Å². The Labute approximate surface area is 127 Å². The zero-order valence-electron chi connectivity index (χ0n) is 12.6. The fourth-order valence-electron chi connectivity index (χ4n) is 2.43. The van der Waals surface area contributed by atoms with Crippen LogP contribution in [0, 0.1) is 12.7 Å². The molecule has 0 N–H and O–H groups in total. The van der Waals surface area contributed by atoms with Crippen LogP contribution in [-0.4, -0.2) is 4.98 Å². The van der Waals surface area contributed by atoms with Crippen molar-refractivity contribution in [2.45, 2.75) is 39.3 Å². The Morgan fingerprint density at radius 1 is 1.09 bits per heavy atom.